The van der Waals surface area contributed by atoms with E-state index >= 15 is 0 Å². The molecule has 0 heterocycles. The molecule has 0 aromatic heterocycles. The summed E-state index contributed by atoms with van der Waals surface area (Å²) in [6.07, 6.45) is 0. The van der Waals surface area contributed by atoms with E-state index in [1.165, 1.54) is 14.2 Å². The molecule has 0 fully saturated rings. The van der Waals surface area contributed by atoms with E-state index in [0.717, 1.165) is 0 Å². The van der Waals surface area contributed by atoms with Gasteiger partial charge in [0.25, 0.3) is 0 Å². The minimum atomic E-state index is -0.449. The van der Waals surface area contributed by atoms with Gasteiger partial charge in [-0.25, -0.2) is 0 Å². The van der Waals surface area contributed by atoms with Crippen molar-refractivity contribution >= 4 is 50.5 Å². The summed E-state index contributed by atoms with van der Waals surface area (Å²) in [6.45, 7) is 0. The van der Waals surface area contributed by atoms with Crippen molar-refractivity contribution in [1.29, 1.82) is 0 Å². The summed E-state index contributed by atoms with van der Waals surface area (Å²) in [6, 6.07) is 0. The van der Waals surface area contributed by atoms with Crippen LogP contribution in [0.25, 0.3) is 0 Å². The molecule has 0 atom stereocenters. The van der Waals surface area contributed by atoms with Crippen molar-refractivity contribution in [2.24, 2.45) is 0 Å². The van der Waals surface area contributed by atoms with Crippen LogP contribution in [0.1, 0.15) is 0 Å². The van der Waals surface area contributed by atoms with Crippen LogP contribution in [0.15, 0.2) is 0 Å². The maximum Gasteiger partial charge on any atom is 4.00 e. The first-order valence-corrected chi connectivity index (χ1v) is 4.12. The molecule has 11 heavy (non-hydrogen) atoms. The zero-order valence-electron chi connectivity index (χ0n) is 5.92. The molecule has 0 N–H and O–H groups in total. The molecule has 0 radical (unpaired) electrons. The van der Waals surface area contributed by atoms with E-state index in [2.05, 4.69) is 60.0 Å². The van der Waals surface area contributed by atoms with Gasteiger partial charge in [-0.2, -0.15) is 9.54 Å². The summed E-state index contributed by atoms with van der Waals surface area (Å²) in [5.41, 5.74) is 0. The van der Waals surface area contributed by atoms with Gasteiger partial charge >= 0.3 is 21.1 Å². The number of hydrogen-bond acceptors (Lipinski definition) is 6. The number of ether oxygens (including phenoxy) is 2. The van der Waals surface area contributed by atoms with Gasteiger partial charge in [0, 0.05) is 14.2 Å². The third kappa shape index (κ3) is 33.3. The predicted molar refractivity (Wildman–Crippen MR) is 51.1 cm³/mol. The van der Waals surface area contributed by atoms with Gasteiger partial charge in [0.2, 0.25) is 0 Å². The molecule has 0 amide bonds. The van der Waals surface area contributed by atoms with Gasteiger partial charge in [-0.3, -0.25) is 0 Å². The molecule has 0 bridgehead atoms. The van der Waals surface area contributed by atoms with Crippen LogP contribution in [0.2, 0.25) is 0 Å². The molecule has 0 saturated heterocycles. The number of hydrogen-bond donors (Lipinski definition) is 0. The van der Waals surface area contributed by atoms with Crippen LogP contribution < -0.4 is 0 Å². The summed E-state index contributed by atoms with van der Waals surface area (Å²) >= 11 is 17.5. The van der Waals surface area contributed by atoms with Crippen molar-refractivity contribution in [3.63, 3.8) is 0 Å². The molecular formula is C4H8O2PtS4. The van der Waals surface area contributed by atoms with Gasteiger partial charge in [-0.15, -0.1) is 0 Å². The van der Waals surface area contributed by atoms with Gasteiger partial charge in [0.1, 0.15) is 0 Å². The summed E-state index contributed by atoms with van der Waals surface area (Å²) in [5, 5.41) is 0. The Hall–Kier alpha value is 2.01. The Morgan fingerprint density at radius 3 is 0.909 bits per heavy atom. The second kappa shape index (κ2) is 14.5. The molecule has 0 aromatic carbocycles. The van der Waals surface area contributed by atoms with Crippen LogP contribution in [0.3, 0.4) is 0 Å². The standard InChI is InChI=1S/2C2H6OS2.Pt/c2*1-3-2(4)5;/h2*2,4-5H,1H3;/q;;+4/p-4. The molecule has 0 aliphatic heterocycles. The molecule has 0 aliphatic carbocycles. The van der Waals surface area contributed by atoms with Crippen molar-refractivity contribution in [2.45, 2.75) is 9.54 Å². The van der Waals surface area contributed by atoms with Crippen LogP contribution in [-0.2, 0) is 81.1 Å². The van der Waals surface area contributed by atoms with Crippen molar-refractivity contribution in [3.05, 3.63) is 0 Å². The van der Waals surface area contributed by atoms with Crippen LogP contribution >= 0.6 is 0 Å². The molecule has 0 rings (SSSR count). The van der Waals surface area contributed by atoms with E-state index in [9.17, 15) is 0 Å². The topological polar surface area (TPSA) is 18.5 Å². The molecule has 0 spiro atoms. The third-order valence-electron chi connectivity index (χ3n) is 0.385. The fourth-order valence-corrected chi connectivity index (χ4v) is 0. The van der Waals surface area contributed by atoms with Gasteiger partial charge in [-0.05, 0) is 0 Å². The third-order valence-corrected chi connectivity index (χ3v) is 1.15. The normalized spacial score (nSPS) is 8.73. The Morgan fingerprint density at radius 1 is 0.818 bits per heavy atom. The van der Waals surface area contributed by atoms with Crippen molar-refractivity contribution in [3.8, 4) is 0 Å². The zero-order valence-corrected chi connectivity index (χ0v) is 11.5. The Labute approximate surface area is 104 Å². The second-order valence-corrected chi connectivity index (χ2v) is 3.36. The van der Waals surface area contributed by atoms with Crippen molar-refractivity contribution in [2.75, 3.05) is 14.2 Å². The van der Waals surface area contributed by atoms with E-state index in [-0.39, 0.29) is 21.1 Å². The molecular weight excluding hydrogens is 403 g/mol. The maximum absolute atomic E-state index is 4.38. The van der Waals surface area contributed by atoms with E-state index in [1.54, 1.807) is 0 Å². The Morgan fingerprint density at radius 2 is 0.909 bits per heavy atom. The number of methoxy groups -OCH3 is 2. The van der Waals surface area contributed by atoms with Gasteiger partial charge < -0.3 is 60.0 Å². The largest absolute Gasteiger partial charge is 4.00 e. The SMILES string of the molecule is COC([S-])[S-].COC([S-])[S-].[Pt+4]. The first-order valence-electron chi connectivity index (χ1n) is 2.23. The van der Waals surface area contributed by atoms with Gasteiger partial charge in [-0.1, -0.05) is 0 Å². The van der Waals surface area contributed by atoms with Crippen LogP contribution in [0, 0.1) is 0 Å². The molecule has 0 aromatic rings. The summed E-state index contributed by atoms with van der Waals surface area (Å²) in [7, 11) is 2.98. The Kier molecular flexibility index (Phi) is 24.7. The number of rotatable bonds is 2. The van der Waals surface area contributed by atoms with Gasteiger partial charge in [0.15, 0.2) is 0 Å². The average molecular weight is 411 g/mol. The van der Waals surface area contributed by atoms with Crippen molar-refractivity contribution in [1.82, 2.24) is 0 Å². The van der Waals surface area contributed by atoms with Crippen LogP contribution in [0.5, 0.6) is 0 Å². The first kappa shape index (κ1) is 18.7. The minimum Gasteiger partial charge on any atom is -0.788 e. The summed E-state index contributed by atoms with van der Waals surface area (Å²) in [5.74, 6) is 0. The molecule has 70 valence electrons. The minimum absolute atomic E-state index is 0. The van der Waals surface area contributed by atoms with Crippen LogP contribution in [0.4, 0.5) is 0 Å². The zero-order chi connectivity index (χ0) is 8.57. The first-order chi connectivity index (χ1) is 4.54. The van der Waals surface area contributed by atoms with E-state index in [4.69, 9.17) is 0 Å². The van der Waals surface area contributed by atoms with Crippen LogP contribution in [-0.4, -0.2) is 23.8 Å². The summed E-state index contributed by atoms with van der Waals surface area (Å²) in [4.78, 5) is 0. The Balaban J connectivity index is -0.000000107. The predicted octanol–water partition coefficient (Wildman–Crippen LogP) is 0.0179. The monoisotopic (exact) mass is 411 g/mol. The Bertz CT molecular complexity index is 56.1. The van der Waals surface area contributed by atoms with E-state index < -0.39 is 9.54 Å². The van der Waals surface area contributed by atoms with Crippen molar-refractivity contribution < 1.29 is 30.5 Å². The van der Waals surface area contributed by atoms with E-state index in [0.29, 0.717) is 0 Å². The van der Waals surface area contributed by atoms with Gasteiger partial charge in [0.05, 0.1) is 0 Å². The molecule has 0 saturated carbocycles. The molecule has 0 unspecified atom stereocenters. The second-order valence-electron chi connectivity index (χ2n) is 1.05. The molecule has 7 heteroatoms. The molecule has 0 aliphatic rings. The molecule has 2 nitrogen and oxygen atoms in total. The quantitative estimate of drug-likeness (QED) is 0.593. The van der Waals surface area contributed by atoms with E-state index in [1.807, 2.05) is 0 Å². The maximum atomic E-state index is 4.38. The smallest absolute Gasteiger partial charge is 0.788 e. The summed E-state index contributed by atoms with van der Waals surface area (Å²) < 4.78 is 7.86. The fraction of sp³-hybridized carbons (Fsp3) is 1.00. The average Bonchev–Trinajstić information content (AvgIpc) is 1.89. The fourth-order valence-electron chi connectivity index (χ4n) is 0.